The zero-order valence-corrected chi connectivity index (χ0v) is 10.8. The van der Waals surface area contributed by atoms with Gasteiger partial charge in [0.1, 0.15) is 17.0 Å². The lowest BCUT2D eigenvalue weighted by molar-refractivity contribution is 0.0314. The molecule has 0 radical (unpaired) electrons. The maximum atomic E-state index is 5.72. The number of hydrogen-bond donors (Lipinski definition) is 1. The van der Waals surface area contributed by atoms with Crippen molar-refractivity contribution in [2.45, 2.75) is 31.9 Å². The second kappa shape index (κ2) is 3.92. The van der Waals surface area contributed by atoms with Crippen molar-refractivity contribution in [3.05, 3.63) is 17.8 Å². The SMILES string of the molecule is CC1(C)OCCC1Nc1ncnc2sccc12. The van der Waals surface area contributed by atoms with Gasteiger partial charge in [0.25, 0.3) is 0 Å². The van der Waals surface area contributed by atoms with Crippen molar-refractivity contribution in [1.82, 2.24) is 9.97 Å². The van der Waals surface area contributed by atoms with Gasteiger partial charge in [-0.25, -0.2) is 9.97 Å². The van der Waals surface area contributed by atoms with Crippen LogP contribution in [0.2, 0.25) is 0 Å². The predicted molar refractivity (Wildman–Crippen MR) is 69.5 cm³/mol. The van der Waals surface area contributed by atoms with Crippen LogP contribution in [0.4, 0.5) is 5.82 Å². The maximum Gasteiger partial charge on any atom is 0.138 e. The largest absolute Gasteiger partial charge is 0.373 e. The molecule has 1 aliphatic rings. The fourth-order valence-electron chi connectivity index (χ4n) is 2.20. The summed E-state index contributed by atoms with van der Waals surface area (Å²) in [6.07, 6.45) is 2.63. The van der Waals surface area contributed by atoms with Gasteiger partial charge in [0.05, 0.1) is 17.0 Å². The molecule has 0 amide bonds. The van der Waals surface area contributed by atoms with Crippen LogP contribution in [0.5, 0.6) is 0 Å². The summed E-state index contributed by atoms with van der Waals surface area (Å²) in [6, 6.07) is 2.37. The molecule has 1 unspecified atom stereocenters. The van der Waals surface area contributed by atoms with Crippen LogP contribution < -0.4 is 5.32 Å². The minimum atomic E-state index is -0.132. The Balaban J connectivity index is 1.92. The van der Waals surface area contributed by atoms with Crippen molar-refractivity contribution in [3.63, 3.8) is 0 Å². The van der Waals surface area contributed by atoms with Crippen molar-refractivity contribution in [2.24, 2.45) is 0 Å². The van der Waals surface area contributed by atoms with Crippen LogP contribution in [0.3, 0.4) is 0 Å². The first kappa shape index (κ1) is 10.9. The van der Waals surface area contributed by atoms with Crippen LogP contribution in [0.15, 0.2) is 17.8 Å². The van der Waals surface area contributed by atoms with Crippen molar-refractivity contribution in [3.8, 4) is 0 Å². The van der Waals surface area contributed by atoms with E-state index in [0.717, 1.165) is 29.1 Å². The molecular weight excluding hydrogens is 234 g/mol. The average molecular weight is 249 g/mol. The first-order valence-corrected chi connectivity index (χ1v) is 6.63. The predicted octanol–water partition coefficient (Wildman–Crippen LogP) is 2.67. The number of hydrogen-bond acceptors (Lipinski definition) is 5. The quantitative estimate of drug-likeness (QED) is 0.889. The van der Waals surface area contributed by atoms with Gasteiger partial charge in [0, 0.05) is 6.61 Å². The van der Waals surface area contributed by atoms with Gasteiger partial charge >= 0.3 is 0 Å². The van der Waals surface area contributed by atoms with Crippen LogP contribution >= 0.6 is 11.3 Å². The first-order chi connectivity index (χ1) is 8.17. The van der Waals surface area contributed by atoms with Gasteiger partial charge in [-0.1, -0.05) is 0 Å². The maximum absolute atomic E-state index is 5.72. The highest BCUT2D eigenvalue weighted by atomic mass is 32.1. The van der Waals surface area contributed by atoms with E-state index < -0.39 is 0 Å². The van der Waals surface area contributed by atoms with E-state index in [9.17, 15) is 0 Å². The van der Waals surface area contributed by atoms with E-state index in [1.54, 1.807) is 17.7 Å². The first-order valence-electron chi connectivity index (χ1n) is 5.75. The van der Waals surface area contributed by atoms with Crippen molar-refractivity contribution >= 4 is 27.4 Å². The number of ether oxygens (including phenoxy) is 1. The van der Waals surface area contributed by atoms with E-state index in [1.165, 1.54) is 0 Å². The molecule has 0 aromatic carbocycles. The molecule has 90 valence electrons. The Bertz CT molecular complexity index is 537. The van der Waals surface area contributed by atoms with E-state index in [0.29, 0.717) is 6.04 Å². The van der Waals surface area contributed by atoms with Gasteiger partial charge < -0.3 is 10.1 Å². The normalized spacial score (nSPS) is 23.1. The fraction of sp³-hybridized carbons (Fsp3) is 0.500. The molecule has 3 heterocycles. The highest BCUT2D eigenvalue weighted by molar-refractivity contribution is 7.16. The highest BCUT2D eigenvalue weighted by Gasteiger charge is 2.36. The summed E-state index contributed by atoms with van der Waals surface area (Å²) in [5.41, 5.74) is -0.132. The summed E-state index contributed by atoms with van der Waals surface area (Å²) >= 11 is 1.64. The molecule has 0 bridgehead atoms. The fourth-order valence-corrected chi connectivity index (χ4v) is 2.94. The minimum Gasteiger partial charge on any atom is -0.373 e. The summed E-state index contributed by atoms with van der Waals surface area (Å²) in [4.78, 5) is 9.61. The Labute approximate surface area is 104 Å². The molecular formula is C12H15N3OS. The lowest BCUT2D eigenvalue weighted by atomic mass is 9.99. The molecule has 1 fully saturated rings. The Hall–Kier alpha value is -1.20. The molecule has 1 N–H and O–H groups in total. The third-order valence-electron chi connectivity index (χ3n) is 3.29. The molecule has 5 heteroatoms. The molecule has 0 aliphatic carbocycles. The van der Waals surface area contributed by atoms with E-state index in [-0.39, 0.29) is 5.60 Å². The Morgan fingerprint density at radius 3 is 3.12 bits per heavy atom. The number of nitrogens with one attached hydrogen (secondary N) is 1. The number of nitrogens with zero attached hydrogens (tertiary/aromatic N) is 2. The zero-order chi connectivity index (χ0) is 11.9. The third kappa shape index (κ3) is 1.89. The molecule has 1 aliphatic heterocycles. The van der Waals surface area contributed by atoms with Gasteiger partial charge in [-0.2, -0.15) is 0 Å². The zero-order valence-electron chi connectivity index (χ0n) is 9.93. The van der Waals surface area contributed by atoms with E-state index in [4.69, 9.17) is 4.74 Å². The topological polar surface area (TPSA) is 47.0 Å². The Morgan fingerprint density at radius 2 is 2.35 bits per heavy atom. The highest BCUT2D eigenvalue weighted by Crippen LogP contribution is 2.30. The Morgan fingerprint density at radius 1 is 1.47 bits per heavy atom. The van der Waals surface area contributed by atoms with Gasteiger partial charge in [-0.3, -0.25) is 0 Å². The average Bonchev–Trinajstić information content (AvgIpc) is 2.86. The lowest BCUT2D eigenvalue weighted by Crippen LogP contribution is -2.38. The third-order valence-corrected chi connectivity index (χ3v) is 4.11. The number of anilines is 1. The van der Waals surface area contributed by atoms with Crippen LogP contribution in [0, 0.1) is 0 Å². The van der Waals surface area contributed by atoms with Gasteiger partial charge in [-0.05, 0) is 31.7 Å². The molecule has 0 saturated carbocycles. The summed E-state index contributed by atoms with van der Waals surface area (Å²) in [6.45, 7) is 5.04. The molecule has 2 aromatic heterocycles. The molecule has 1 atom stereocenters. The second-order valence-electron chi connectivity index (χ2n) is 4.80. The smallest absolute Gasteiger partial charge is 0.138 e. The van der Waals surface area contributed by atoms with E-state index in [1.807, 2.05) is 5.38 Å². The monoisotopic (exact) mass is 249 g/mol. The van der Waals surface area contributed by atoms with Crippen LogP contribution in [-0.2, 0) is 4.74 Å². The second-order valence-corrected chi connectivity index (χ2v) is 5.69. The number of rotatable bonds is 2. The molecule has 2 aromatic rings. The van der Waals surface area contributed by atoms with Crippen LogP contribution in [0.1, 0.15) is 20.3 Å². The van der Waals surface area contributed by atoms with Crippen molar-refractivity contribution in [2.75, 3.05) is 11.9 Å². The van der Waals surface area contributed by atoms with Crippen molar-refractivity contribution in [1.29, 1.82) is 0 Å². The molecule has 4 nitrogen and oxygen atoms in total. The number of aromatic nitrogens is 2. The van der Waals surface area contributed by atoms with Crippen molar-refractivity contribution < 1.29 is 4.74 Å². The van der Waals surface area contributed by atoms with Crippen LogP contribution in [-0.4, -0.2) is 28.2 Å². The molecule has 1 saturated heterocycles. The summed E-state index contributed by atoms with van der Waals surface area (Å²) < 4.78 is 5.72. The molecule has 0 spiro atoms. The molecule has 3 rings (SSSR count). The summed E-state index contributed by atoms with van der Waals surface area (Å²) in [7, 11) is 0. The lowest BCUT2D eigenvalue weighted by Gasteiger charge is -2.27. The Kier molecular flexibility index (Phi) is 2.52. The van der Waals surface area contributed by atoms with Gasteiger partial charge in [0.15, 0.2) is 0 Å². The number of thiophene rings is 1. The van der Waals surface area contributed by atoms with E-state index >= 15 is 0 Å². The minimum absolute atomic E-state index is 0.132. The molecule has 17 heavy (non-hydrogen) atoms. The number of fused-ring (bicyclic) bond motifs is 1. The summed E-state index contributed by atoms with van der Waals surface area (Å²) in [5.74, 6) is 0.917. The van der Waals surface area contributed by atoms with Gasteiger partial charge in [-0.15, -0.1) is 11.3 Å². The van der Waals surface area contributed by atoms with E-state index in [2.05, 4.69) is 35.2 Å². The van der Waals surface area contributed by atoms with Crippen LogP contribution in [0.25, 0.3) is 10.2 Å². The summed E-state index contributed by atoms with van der Waals surface area (Å²) in [5, 5.41) is 6.63. The van der Waals surface area contributed by atoms with Gasteiger partial charge in [0.2, 0.25) is 0 Å². The standard InChI is InChI=1S/C12H15N3OS/c1-12(2)9(3-5-16-12)15-10-8-4-6-17-11(8)14-7-13-10/h4,6-7,9H,3,5H2,1-2H3,(H,13,14,15).